The van der Waals surface area contributed by atoms with Gasteiger partial charge in [0.25, 0.3) is 0 Å². The molecule has 0 atom stereocenters. The van der Waals surface area contributed by atoms with Crippen LogP contribution in [0, 0.1) is 5.92 Å². The molecule has 0 saturated heterocycles. The summed E-state index contributed by atoms with van der Waals surface area (Å²) in [5.41, 5.74) is 5.93. The third-order valence-corrected chi connectivity index (χ3v) is 3.99. The van der Waals surface area contributed by atoms with E-state index in [1.54, 1.807) is 0 Å². The molecule has 5 heteroatoms. The Balaban J connectivity index is 0.00000200. The molecule has 2 fully saturated rings. The summed E-state index contributed by atoms with van der Waals surface area (Å²) < 4.78 is 5.58. The lowest BCUT2D eigenvalue weighted by Gasteiger charge is -2.16. The van der Waals surface area contributed by atoms with Gasteiger partial charge in [0.05, 0.1) is 0 Å². The van der Waals surface area contributed by atoms with Crippen LogP contribution in [0.15, 0.2) is 4.99 Å². The molecule has 0 unspecified atom stereocenters. The van der Waals surface area contributed by atoms with Gasteiger partial charge >= 0.3 is 0 Å². The van der Waals surface area contributed by atoms with E-state index in [2.05, 4.69) is 10.3 Å². The number of nitrogens with one attached hydrogen (secondary N) is 1. The fourth-order valence-electron chi connectivity index (χ4n) is 2.58. The molecule has 2 aliphatic rings. The number of nitrogens with two attached hydrogens (primary N) is 1. The van der Waals surface area contributed by atoms with Crippen LogP contribution < -0.4 is 11.1 Å². The largest absolute Gasteiger partial charge is 0.381 e. The van der Waals surface area contributed by atoms with Gasteiger partial charge in [0.15, 0.2) is 5.96 Å². The van der Waals surface area contributed by atoms with Gasteiger partial charge in [-0.3, -0.25) is 4.99 Å². The SMILES string of the molecule is I.NC(=NCCCOCC1CC1)NC1CCCCCC1. The summed E-state index contributed by atoms with van der Waals surface area (Å²) in [6, 6.07) is 0.539. The summed E-state index contributed by atoms with van der Waals surface area (Å²) in [4.78, 5) is 4.38. The number of aliphatic imine (C=N–C) groups is 1. The van der Waals surface area contributed by atoms with E-state index in [0.29, 0.717) is 12.0 Å². The van der Waals surface area contributed by atoms with E-state index in [9.17, 15) is 0 Å². The van der Waals surface area contributed by atoms with Gasteiger partial charge in [-0.15, -0.1) is 24.0 Å². The second-order valence-corrected chi connectivity index (χ2v) is 5.97. The summed E-state index contributed by atoms with van der Waals surface area (Å²) in [6.45, 7) is 2.53. The van der Waals surface area contributed by atoms with Gasteiger partial charge in [0, 0.05) is 25.8 Å². The van der Waals surface area contributed by atoms with E-state index < -0.39 is 0 Å². The Hall–Kier alpha value is -0.0400. The Kier molecular flexibility index (Phi) is 9.59. The van der Waals surface area contributed by atoms with Gasteiger partial charge in [-0.05, 0) is 38.0 Å². The smallest absolute Gasteiger partial charge is 0.188 e. The van der Waals surface area contributed by atoms with Crippen LogP contribution >= 0.6 is 24.0 Å². The molecule has 0 bridgehead atoms. The van der Waals surface area contributed by atoms with Gasteiger partial charge < -0.3 is 15.8 Å². The molecule has 3 N–H and O–H groups in total. The minimum Gasteiger partial charge on any atom is -0.381 e. The van der Waals surface area contributed by atoms with E-state index in [1.807, 2.05) is 0 Å². The fourth-order valence-corrected chi connectivity index (χ4v) is 2.58. The van der Waals surface area contributed by atoms with Crippen LogP contribution in [0.25, 0.3) is 0 Å². The summed E-state index contributed by atoms with van der Waals surface area (Å²) in [7, 11) is 0. The van der Waals surface area contributed by atoms with Crippen molar-refractivity contribution in [2.45, 2.75) is 63.8 Å². The quantitative estimate of drug-likeness (QED) is 0.229. The number of hydrogen-bond donors (Lipinski definition) is 2. The first-order chi connectivity index (χ1) is 9.34. The molecular formula is C15H30IN3O. The highest BCUT2D eigenvalue weighted by atomic mass is 127. The Morgan fingerprint density at radius 3 is 2.45 bits per heavy atom. The Morgan fingerprint density at radius 1 is 1.10 bits per heavy atom. The van der Waals surface area contributed by atoms with Gasteiger partial charge in [-0.2, -0.15) is 0 Å². The minimum atomic E-state index is 0. The van der Waals surface area contributed by atoms with Crippen molar-refractivity contribution in [1.82, 2.24) is 5.32 Å². The average molecular weight is 395 g/mol. The summed E-state index contributed by atoms with van der Waals surface area (Å²) >= 11 is 0. The van der Waals surface area contributed by atoms with Crippen molar-refractivity contribution in [3.05, 3.63) is 0 Å². The summed E-state index contributed by atoms with van der Waals surface area (Å²) in [6.07, 6.45) is 11.5. The third kappa shape index (κ3) is 8.29. The third-order valence-electron chi connectivity index (χ3n) is 3.99. The van der Waals surface area contributed by atoms with E-state index >= 15 is 0 Å². The Labute approximate surface area is 140 Å². The molecule has 2 saturated carbocycles. The first-order valence-electron chi connectivity index (χ1n) is 7.99. The first kappa shape index (κ1) is 18.0. The molecule has 0 aromatic heterocycles. The Morgan fingerprint density at radius 2 is 1.80 bits per heavy atom. The molecule has 0 aromatic rings. The van der Waals surface area contributed by atoms with Gasteiger partial charge in [0.2, 0.25) is 0 Å². The number of nitrogens with zero attached hydrogens (tertiary/aromatic N) is 1. The molecule has 118 valence electrons. The topological polar surface area (TPSA) is 59.6 Å². The lowest BCUT2D eigenvalue weighted by molar-refractivity contribution is 0.123. The standard InChI is InChI=1S/C15H29N3O.HI/c16-15(18-14-6-3-1-2-4-7-14)17-10-5-11-19-12-13-8-9-13;/h13-14H,1-12H2,(H3,16,17,18);1H. The number of rotatable bonds is 7. The monoisotopic (exact) mass is 395 g/mol. The second-order valence-electron chi connectivity index (χ2n) is 5.97. The molecule has 2 rings (SSSR count). The van der Waals surface area contributed by atoms with Crippen molar-refractivity contribution in [3.8, 4) is 0 Å². The van der Waals surface area contributed by atoms with Crippen LogP contribution in [0.1, 0.15) is 57.8 Å². The molecule has 0 spiro atoms. The molecular weight excluding hydrogens is 365 g/mol. The van der Waals surface area contributed by atoms with E-state index in [4.69, 9.17) is 10.5 Å². The van der Waals surface area contributed by atoms with E-state index in [0.717, 1.165) is 32.1 Å². The number of halogens is 1. The average Bonchev–Trinajstić information content (AvgIpc) is 3.21. The molecule has 0 radical (unpaired) electrons. The lowest BCUT2D eigenvalue weighted by Crippen LogP contribution is -2.39. The highest BCUT2D eigenvalue weighted by Gasteiger charge is 2.20. The van der Waals surface area contributed by atoms with Crippen LogP contribution in [0.2, 0.25) is 0 Å². The van der Waals surface area contributed by atoms with Crippen molar-refractivity contribution in [2.24, 2.45) is 16.6 Å². The second kappa shape index (κ2) is 10.7. The van der Waals surface area contributed by atoms with Crippen LogP contribution in [0.5, 0.6) is 0 Å². The zero-order chi connectivity index (χ0) is 13.3. The lowest BCUT2D eigenvalue weighted by atomic mass is 10.1. The maximum atomic E-state index is 5.93. The van der Waals surface area contributed by atoms with Gasteiger partial charge in [0.1, 0.15) is 0 Å². The summed E-state index contributed by atoms with van der Waals surface area (Å²) in [5, 5.41) is 3.36. The molecule has 0 aromatic carbocycles. The van der Waals surface area contributed by atoms with E-state index in [-0.39, 0.29) is 24.0 Å². The molecule has 20 heavy (non-hydrogen) atoms. The van der Waals surface area contributed by atoms with Crippen molar-refractivity contribution < 1.29 is 4.74 Å². The van der Waals surface area contributed by atoms with E-state index in [1.165, 1.54) is 51.4 Å². The molecule has 2 aliphatic carbocycles. The van der Waals surface area contributed by atoms with Crippen LogP contribution in [0.4, 0.5) is 0 Å². The predicted octanol–water partition coefficient (Wildman–Crippen LogP) is 3.05. The van der Waals surface area contributed by atoms with Crippen molar-refractivity contribution in [1.29, 1.82) is 0 Å². The fraction of sp³-hybridized carbons (Fsp3) is 0.933. The zero-order valence-corrected chi connectivity index (χ0v) is 14.8. The van der Waals surface area contributed by atoms with Gasteiger partial charge in [-0.25, -0.2) is 0 Å². The van der Waals surface area contributed by atoms with Crippen molar-refractivity contribution in [3.63, 3.8) is 0 Å². The minimum absolute atomic E-state index is 0. The summed E-state index contributed by atoms with van der Waals surface area (Å²) in [5.74, 6) is 1.47. The number of ether oxygens (including phenoxy) is 1. The highest BCUT2D eigenvalue weighted by Crippen LogP contribution is 2.28. The maximum Gasteiger partial charge on any atom is 0.188 e. The highest BCUT2D eigenvalue weighted by molar-refractivity contribution is 14.0. The molecule has 4 nitrogen and oxygen atoms in total. The normalized spacial score (nSPS) is 21.1. The Bertz CT molecular complexity index is 274. The molecule has 0 heterocycles. The molecule has 0 aliphatic heterocycles. The van der Waals surface area contributed by atoms with Gasteiger partial charge in [-0.1, -0.05) is 25.7 Å². The molecule has 0 amide bonds. The number of hydrogen-bond acceptors (Lipinski definition) is 2. The predicted molar refractivity (Wildman–Crippen MR) is 94.7 cm³/mol. The number of guanidine groups is 1. The van der Waals surface area contributed by atoms with Crippen molar-refractivity contribution in [2.75, 3.05) is 19.8 Å². The van der Waals surface area contributed by atoms with Crippen LogP contribution in [-0.4, -0.2) is 31.8 Å². The van der Waals surface area contributed by atoms with Crippen LogP contribution in [-0.2, 0) is 4.74 Å². The van der Waals surface area contributed by atoms with Crippen molar-refractivity contribution >= 4 is 29.9 Å². The first-order valence-corrected chi connectivity index (χ1v) is 7.99. The van der Waals surface area contributed by atoms with Crippen LogP contribution in [0.3, 0.4) is 0 Å². The maximum absolute atomic E-state index is 5.93. The zero-order valence-electron chi connectivity index (χ0n) is 12.5.